The van der Waals surface area contributed by atoms with Crippen LogP contribution >= 0.6 is 0 Å². The van der Waals surface area contributed by atoms with Crippen LogP contribution in [0.25, 0.3) is 22.2 Å². The highest BCUT2D eigenvalue weighted by molar-refractivity contribution is 5.82. The molecule has 0 fully saturated rings. The molecule has 29 heavy (non-hydrogen) atoms. The van der Waals surface area contributed by atoms with Crippen molar-refractivity contribution >= 4 is 16.7 Å². The average molecular weight is 386 g/mol. The van der Waals surface area contributed by atoms with Gasteiger partial charge < -0.3 is 5.32 Å². The summed E-state index contributed by atoms with van der Waals surface area (Å²) in [6.45, 7) is 6.35. The second-order valence-corrected chi connectivity index (χ2v) is 6.60. The van der Waals surface area contributed by atoms with Gasteiger partial charge in [0.2, 0.25) is 0 Å². The summed E-state index contributed by atoms with van der Waals surface area (Å²) in [7, 11) is 0. The van der Waals surface area contributed by atoms with Gasteiger partial charge in [-0.1, -0.05) is 24.3 Å². The topological polar surface area (TPSA) is 76.5 Å². The van der Waals surface area contributed by atoms with Gasteiger partial charge in [-0.15, -0.1) is 6.58 Å². The van der Waals surface area contributed by atoms with Gasteiger partial charge in [0.05, 0.1) is 17.4 Å². The maximum atomic E-state index is 13.5. The lowest BCUT2D eigenvalue weighted by atomic mass is 9.96. The quantitative estimate of drug-likeness (QED) is 0.498. The van der Waals surface area contributed by atoms with Crippen molar-refractivity contribution in [3.8, 4) is 11.3 Å². The largest absolute Gasteiger partial charge is 0.369 e. The van der Waals surface area contributed by atoms with Crippen LogP contribution in [0, 0.1) is 12.7 Å². The Hall–Kier alpha value is -3.74. The van der Waals surface area contributed by atoms with Crippen LogP contribution in [0.2, 0.25) is 0 Å². The molecule has 0 saturated heterocycles. The fraction of sp³-hybridized carbons (Fsp3) is 0.136. The average Bonchev–Trinajstić information content (AvgIpc) is 2.75. The fourth-order valence-electron chi connectivity index (χ4n) is 3.13. The molecular weight excluding hydrogens is 367 g/mol. The van der Waals surface area contributed by atoms with Crippen LogP contribution in [-0.4, -0.2) is 31.5 Å². The number of fused-ring (bicyclic) bond motifs is 1. The highest BCUT2D eigenvalue weighted by Gasteiger charge is 2.13. The van der Waals surface area contributed by atoms with Crippen LogP contribution in [-0.2, 0) is 0 Å². The zero-order valence-electron chi connectivity index (χ0n) is 15.9. The molecule has 0 aliphatic rings. The second kappa shape index (κ2) is 8.10. The molecule has 1 atom stereocenters. The Morgan fingerprint density at radius 1 is 1.07 bits per heavy atom. The summed E-state index contributed by atoms with van der Waals surface area (Å²) >= 11 is 0. The van der Waals surface area contributed by atoms with Crippen LogP contribution in [0.15, 0.2) is 67.9 Å². The first-order valence-electron chi connectivity index (χ1n) is 9.15. The maximum absolute atomic E-state index is 13.5. The number of anilines is 1. The van der Waals surface area contributed by atoms with E-state index in [4.69, 9.17) is 0 Å². The molecule has 0 spiro atoms. The third-order valence-corrected chi connectivity index (χ3v) is 4.64. The van der Waals surface area contributed by atoms with Crippen molar-refractivity contribution in [3.05, 3.63) is 85.1 Å². The van der Waals surface area contributed by atoms with Crippen molar-refractivity contribution in [1.82, 2.24) is 24.9 Å². The van der Waals surface area contributed by atoms with Crippen LogP contribution in [0.1, 0.15) is 17.3 Å². The van der Waals surface area contributed by atoms with Crippen LogP contribution in [0.5, 0.6) is 0 Å². The molecular formula is C22H19FN6. The van der Waals surface area contributed by atoms with Crippen molar-refractivity contribution < 1.29 is 4.39 Å². The summed E-state index contributed by atoms with van der Waals surface area (Å²) in [6.07, 6.45) is 8.06. The predicted molar refractivity (Wildman–Crippen MR) is 111 cm³/mol. The number of halogens is 1. The number of hydrogen-bond acceptors (Lipinski definition) is 6. The lowest BCUT2D eigenvalue weighted by Gasteiger charge is -2.16. The van der Waals surface area contributed by atoms with Crippen LogP contribution in [0.4, 0.5) is 10.2 Å². The molecule has 0 aliphatic heterocycles. The molecule has 3 aromatic heterocycles. The van der Waals surface area contributed by atoms with E-state index < -0.39 is 0 Å². The Labute approximate surface area is 167 Å². The molecule has 0 amide bonds. The Morgan fingerprint density at radius 2 is 1.90 bits per heavy atom. The summed E-state index contributed by atoms with van der Waals surface area (Å²) in [5.41, 5.74) is 3.30. The SMILES string of the molecule is C=C[C@H](CNc1cc(-c2cnc(C)nc2)ncn1)c1cccc2cc(F)cnc12. The van der Waals surface area contributed by atoms with Gasteiger partial charge in [-0.05, 0) is 18.6 Å². The molecule has 1 aromatic carbocycles. The van der Waals surface area contributed by atoms with Gasteiger partial charge in [0.25, 0.3) is 0 Å². The number of benzene rings is 1. The predicted octanol–water partition coefficient (Wildman–Crippen LogP) is 4.31. The first kappa shape index (κ1) is 18.6. The summed E-state index contributed by atoms with van der Waals surface area (Å²) in [4.78, 5) is 21.3. The minimum absolute atomic E-state index is 0.0298. The number of nitrogens with one attached hydrogen (secondary N) is 1. The summed E-state index contributed by atoms with van der Waals surface area (Å²) in [5, 5.41) is 4.09. The number of hydrogen-bond donors (Lipinski definition) is 1. The monoisotopic (exact) mass is 386 g/mol. The minimum atomic E-state index is -0.350. The van der Waals surface area contributed by atoms with Gasteiger partial charge in [0, 0.05) is 41.9 Å². The van der Waals surface area contributed by atoms with E-state index in [0.29, 0.717) is 18.2 Å². The first-order chi connectivity index (χ1) is 14.1. The molecule has 0 radical (unpaired) electrons. The lowest BCUT2D eigenvalue weighted by molar-refractivity contribution is 0.624. The number of rotatable bonds is 6. The summed E-state index contributed by atoms with van der Waals surface area (Å²) in [5.74, 6) is 1.01. The van der Waals surface area contributed by atoms with Crippen molar-refractivity contribution in [2.24, 2.45) is 0 Å². The molecule has 0 saturated carbocycles. The second-order valence-electron chi connectivity index (χ2n) is 6.60. The Bertz CT molecular complexity index is 1160. The van der Waals surface area contributed by atoms with E-state index in [0.717, 1.165) is 27.7 Å². The van der Waals surface area contributed by atoms with E-state index in [-0.39, 0.29) is 11.7 Å². The zero-order valence-corrected chi connectivity index (χ0v) is 15.9. The van der Waals surface area contributed by atoms with E-state index in [9.17, 15) is 4.39 Å². The van der Waals surface area contributed by atoms with Crippen molar-refractivity contribution in [2.45, 2.75) is 12.8 Å². The van der Waals surface area contributed by atoms with Gasteiger partial charge in [0.1, 0.15) is 23.8 Å². The number of nitrogens with zero attached hydrogens (tertiary/aromatic N) is 5. The Morgan fingerprint density at radius 3 is 2.69 bits per heavy atom. The molecule has 6 nitrogen and oxygen atoms in total. The third-order valence-electron chi connectivity index (χ3n) is 4.64. The zero-order chi connectivity index (χ0) is 20.2. The van der Waals surface area contributed by atoms with Crippen LogP contribution < -0.4 is 5.32 Å². The molecule has 3 heterocycles. The van der Waals surface area contributed by atoms with Crippen molar-refractivity contribution in [2.75, 3.05) is 11.9 Å². The Kier molecular flexibility index (Phi) is 5.20. The summed E-state index contributed by atoms with van der Waals surface area (Å²) in [6, 6.07) is 9.07. The third kappa shape index (κ3) is 4.08. The van der Waals surface area contributed by atoms with Gasteiger partial charge in [0.15, 0.2) is 0 Å². The molecule has 4 aromatic rings. The number of pyridine rings is 1. The van der Waals surface area contributed by atoms with Gasteiger partial charge in [-0.3, -0.25) is 4.98 Å². The standard InChI is InChI=1S/C22H19FN6/c1-3-15(19-6-4-5-16-7-18(23)12-27-22(16)19)9-26-21-8-20(28-13-29-21)17-10-24-14(2)25-11-17/h3-8,10-13,15H,1,9H2,2H3,(H,26,28,29)/t15-/m1/s1. The molecule has 7 heteroatoms. The van der Waals surface area contributed by atoms with Gasteiger partial charge in [-0.25, -0.2) is 24.3 Å². The summed E-state index contributed by atoms with van der Waals surface area (Å²) < 4.78 is 13.5. The van der Waals surface area contributed by atoms with Crippen molar-refractivity contribution in [3.63, 3.8) is 0 Å². The minimum Gasteiger partial charge on any atom is -0.369 e. The van der Waals surface area contributed by atoms with E-state index in [1.54, 1.807) is 12.4 Å². The molecule has 4 rings (SSSR count). The number of para-hydroxylation sites is 1. The molecule has 0 unspecified atom stereocenters. The highest BCUT2D eigenvalue weighted by atomic mass is 19.1. The molecule has 1 N–H and O–H groups in total. The highest BCUT2D eigenvalue weighted by Crippen LogP contribution is 2.26. The van der Waals surface area contributed by atoms with E-state index in [1.807, 2.05) is 37.3 Å². The van der Waals surface area contributed by atoms with Crippen LogP contribution in [0.3, 0.4) is 0 Å². The fourth-order valence-corrected chi connectivity index (χ4v) is 3.13. The smallest absolute Gasteiger partial charge is 0.142 e. The number of aromatic nitrogens is 5. The van der Waals surface area contributed by atoms with E-state index >= 15 is 0 Å². The normalized spacial score (nSPS) is 11.9. The number of aryl methyl sites for hydroxylation is 1. The molecule has 0 bridgehead atoms. The van der Waals surface area contributed by atoms with Gasteiger partial charge >= 0.3 is 0 Å². The van der Waals surface area contributed by atoms with E-state index in [2.05, 4.69) is 36.8 Å². The first-order valence-corrected chi connectivity index (χ1v) is 9.15. The molecule has 144 valence electrons. The molecule has 0 aliphatic carbocycles. The lowest BCUT2D eigenvalue weighted by Crippen LogP contribution is -2.12. The maximum Gasteiger partial charge on any atom is 0.142 e. The Balaban J connectivity index is 1.56. The van der Waals surface area contributed by atoms with Crippen molar-refractivity contribution in [1.29, 1.82) is 0 Å². The van der Waals surface area contributed by atoms with Gasteiger partial charge in [-0.2, -0.15) is 0 Å². The van der Waals surface area contributed by atoms with E-state index in [1.165, 1.54) is 18.6 Å².